The molecule has 0 N–H and O–H groups in total. The summed E-state index contributed by atoms with van der Waals surface area (Å²) < 4.78 is 22.7. The number of hydrogen-bond acceptors (Lipinski definition) is 8. The van der Waals surface area contributed by atoms with Crippen LogP contribution in [0.2, 0.25) is 0 Å². The Labute approximate surface area is 495 Å². The second-order valence-electron chi connectivity index (χ2n) is 21.6. The summed E-state index contributed by atoms with van der Waals surface area (Å²) in [4.78, 5) is 37.4. The van der Waals surface area contributed by atoms with Crippen LogP contribution in [0.1, 0.15) is 219 Å². The summed E-state index contributed by atoms with van der Waals surface area (Å²) >= 11 is 0. The molecule has 81 heavy (non-hydrogen) atoms. The van der Waals surface area contributed by atoms with Crippen LogP contribution in [0, 0.1) is 0 Å². The number of hydrogen-bond donors (Lipinski definition) is 0. The predicted octanol–water partition coefficient (Wildman–Crippen LogP) is 18.0. The summed E-state index contributed by atoms with van der Waals surface area (Å²) in [5, 5.41) is 11.8. The van der Waals surface area contributed by atoms with Crippen molar-refractivity contribution in [3.63, 3.8) is 0 Å². The van der Waals surface area contributed by atoms with Crippen LogP contribution in [0.4, 0.5) is 0 Å². The zero-order valence-corrected chi connectivity index (χ0v) is 51.8. The number of quaternary nitrogens is 1. The van der Waals surface area contributed by atoms with Gasteiger partial charge in [0.25, 0.3) is 0 Å². The minimum Gasteiger partial charge on any atom is -0.545 e. The number of esters is 2. The summed E-state index contributed by atoms with van der Waals surface area (Å²) in [5.41, 5.74) is 0. The van der Waals surface area contributed by atoms with Crippen molar-refractivity contribution in [1.29, 1.82) is 0 Å². The highest BCUT2D eigenvalue weighted by Crippen LogP contribution is 2.13. The van der Waals surface area contributed by atoms with E-state index < -0.39 is 24.3 Å². The Morgan fingerprint density at radius 2 is 0.704 bits per heavy atom. The Balaban J connectivity index is 4.33. The van der Waals surface area contributed by atoms with E-state index in [9.17, 15) is 19.5 Å². The van der Waals surface area contributed by atoms with E-state index in [1.807, 2.05) is 21.1 Å². The van der Waals surface area contributed by atoms with Crippen molar-refractivity contribution in [2.45, 2.75) is 232 Å². The number of aliphatic carboxylic acids is 1. The maximum absolute atomic E-state index is 12.9. The van der Waals surface area contributed by atoms with Crippen LogP contribution < -0.4 is 5.11 Å². The van der Waals surface area contributed by atoms with Crippen molar-refractivity contribution in [3.05, 3.63) is 158 Å². The van der Waals surface area contributed by atoms with E-state index in [2.05, 4.69) is 172 Å². The zero-order chi connectivity index (χ0) is 59.1. The largest absolute Gasteiger partial charge is 0.545 e. The topological polar surface area (TPSA) is 111 Å². The van der Waals surface area contributed by atoms with Crippen LogP contribution >= 0.6 is 0 Å². The van der Waals surface area contributed by atoms with Gasteiger partial charge in [-0.25, -0.2) is 0 Å². The number of carbonyl (C=O) groups is 3. The highest BCUT2D eigenvalue weighted by Gasteiger charge is 2.22. The first kappa shape index (κ1) is 75.9. The maximum atomic E-state index is 12.9. The average molecular weight is 1120 g/mol. The summed E-state index contributed by atoms with van der Waals surface area (Å²) in [6.45, 7) is 4.55. The number of unbranched alkanes of at least 4 members (excludes halogenated alkanes) is 15. The van der Waals surface area contributed by atoms with Gasteiger partial charge in [0.15, 0.2) is 12.4 Å². The zero-order valence-electron chi connectivity index (χ0n) is 51.8. The van der Waals surface area contributed by atoms with Crippen LogP contribution in [0.15, 0.2) is 158 Å². The lowest BCUT2D eigenvalue weighted by atomic mass is 10.1. The molecule has 0 fully saturated rings. The van der Waals surface area contributed by atoms with E-state index in [1.54, 1.807) is 0 Å². The van der Waals surface area contributed by atoms with Gasteiger partial charge in [-0.1, -0.05) is 236 Å². The average Bonchev–Trinajstić information content (AvgIpc) is 3.44. The fraction of sp³-hybridized carbons (Fsp3) is 0.597. The molecule has 9 heteroatoms. The highest BCUT2D eigenvalue weighted by atomic mass is 16.7. The number of nitrogens with zero attached hydrogens (tertiary/aromatic N) is 1. The quantitative estimate of drug-likeness (QED) is 0.0195. The summed E-state index contributed by atoms with van der Waals surface area (Å²) in [5.74, 6) is -2.35. The molecule has 0 saturated heterocycles. The Bertz CT molecular complexity index is 1880. The van der Waals surface area contributed by atoms with Crippen molar-refractivity contribution in [3.8, 4) is 0 Å². The first-order chi connectivity index (χ1) is 39.6. The molecule has 0 amide bonds. The third-order valence-electron chi connectivity index (χ3n) is 12.8. The lowest BCUT2D eigenvalue weighted by Gasteiger charge is -2.26. The molecule has 2 unspecified atom stereocenters. The van der Waals surface area contributed by atoms with E-state index in [0.717, 1.165) is 141 Å². The van der Waals surface area contributed by atoms with Crippen LogP contribution in [-0.2, 0) is 33.3 Å². The fourth-order valence-corrected chi connectivity index (χ4v) is 7.92. The summed E-state index contributed by atoms with van der Waals surface area (Å²) in [6, 6.07) is 0. The number of rotatable bonds is 56. The van der Waals surface area contributed by atoms with E-state index in [1.165, 1.54) is 38.5 Å². The van der Waals surface area contributed by atoms with Crippen LogP contribution in [0.3, 0.4) is 0 Å². The fourth-order valence-electron chi connectivity index (χ4n) is 7.92. The van der Waals surface area contributed by atoms with Gasteiger partial charge in [-0.3, -0.25) is 9.59 Å². The van der Waals surface area contributed by atoms with Gasteiger partial charge in [0.1, 0.15) is 13.2 Å². The van der Waals surface area contributed by atoms with Gasteiger partial charge in [0.05, 0.1) is 40.3 Å². The monoisotopic (exact) mass is 1120 g/mol. The lowest BCUT2D eigenvalue weighted by molar-refractivity contribution is -0.870. The third-order valence-corrected chi connectivity index (χ3v) is 12.8. The normalized spacial score (nSPS) is 13.8. The second-order valence-corrected chi connectivity index (χ2v) is 21.6. The van der Waals surface area contributed by atoms with E-state index in [0.29, 0.717) is 23.9 Å². The molecular formula is C72H115NO8. The number of carboxylic acid groups (broad SMARTS) is 1. The lowest BCUT2D eigenvalue weighted by Crippen LogP contribution is -2.44. The van der Waals surface area contributed by atoms with E-state index in [-0.39, 0.29) is 38.6 Å². The van der Waals surface area contributed by atoms with Gasteiger partial charge in [-0.2, -0.15) is 0 Å². The minimum absolute atomic E-state index is 0.131. The van der Waals surface area contributed by atoms with Gasteiger partial charge in [0.2, 0.25) is 0 Å². The summed E-state index contributed by atoms with van der Waals surface area (Å²) in [7, 11) is 5.90. The third kappa shape index (κ3) is 62.4. The van der Waals surface area contributed by atoms with Gasteiger partial charge in [-0.05, 0) is 128 Å². The van der Waals surface area contributed by atoms with E-state index >= 15 is 0 Å². The molecule has 0 aliphatic rings. The Morgan fingerprint density at radius 3 is 1.05 bits per heavy atom. The second kappa shape index (κ2) is 61.0. The molecule has 456 valence electrons. The van der Waals surface area contributed by atoms with Crippen LogP contribution in [0.25, 0.3) is 0 Å². The Morgan fingerprint density at radius 1 is 0.383 bits per heavy atom. The standard InChI is InChI=1S/C72H115NO8/c1-6-8-10-12-14-16-18-20-22-24-26-28-29-30-31-32-33-34-35-36-37-38-39-40-41-43-45-47-49-51-53-55-57-59-61-63-70(75)81-68(67-80-72(71(76)77)78-65-64-73(3,4)5)66-79-69(74)62-60-58-56-54-52-50-48-46-44-42-27-25-23-21-19-17-15-13-11-9-7-2/h8,10,14,16,19-22,25-28,30-31,33-34,36-37,39-40,43-46,49,51,68,72H,6-7,9,11-13,15,17-18,23-24,29,32,35,38,41-42,47-48,50,52-67H2,1-5H3/b10-8-,16-14-,21-19-,22-20-,27-25-,28-26-,31-30-,34-33-,37-36-,40-39-,45-43-,46-44-,51-49-. The maximum Gasteiger partial charge on any atom is 0.306 e. The van der Waals surface area contributed by atoms with Crippen molar-refractivity contribution in [1.82, 2.24) is 0 Å². The molecule has 0 spiro atoms. The first-order valence-corrected chi connectivity index (χ1v) is 31.6. The van der Waals surface area contributed by atoms with Crippen molar-refractivity contribution < 1.29 is 42.9 Å². The molecule has 0 aliphatic heterocycles. The van der Waals surface area contributed by atoms with Crippen LogP contribution in [0.5, 0.6) is 0 Å². The van der Waals surface area contributed by atoms with Crippen molar-refractivity contribution in [2.75, 3.05) is 47.5 Å². The molecule has 0 saturated carbocycles. The number of carbonyl (C=O) groups excluding carboxylic acids is 3. The molecule has 0 heterocycles. The molecule has 0 aliphatic carbocycles. The van der Waals surface area contributed by atoms with Gasteiger partial charge < -0.3 is 33.3 Å². The number of ether oxygens (including phenoxy) is 4. The molecular weight excluding hydrogens is 1010 g/mol. The SMILES string of the molecule is CC/C=C\C/C=C\C/C=C\C/C=C\C/C=C\C/C=C\C/C=C\C/C=C\C/C=C\C/C=C\CCCCCCC(=O)OC(COC(=O)CCCCCCCC/C=C\C/C=C\C/C=C\CCCCCCC)COC(OCC[N+](C)(C)C)C(=O)[O-]. The molecule has 0 radical (unpaired) electrons. The smallest absolute Gasteiger partial charge is 0.306 e. The Kier molecular flexibility index (Phi) is 57.2. The van der Waals surface area contributed by atoms with Gasteiger partial charge in [0, 0.05) is 12.8 Å². The Hall–Kier alpha value is -5.09. The summed E-state index contributed by atoms with van der Waals surface area (Å²) in [6.07, 6.45) is 87.2. The van der Waals surface area contributed by atoms with Gasteiger partial charge in [-0.15, -0.1) is 0 Å². The predicted molar refractivity (Wildman–Crippen MR) is 342 cm³/mol. The highest BCUT2D eigenvalue weighted by molar-refractivity contribution is 5.70. The molecule has 0 aromatic rings. The number of carboxylic acids is 1. The molecule has 0 aromatic heterocycles. The molecule has 0 aromatic carbocycles. The van der Waals surface area contributed by atoms with Crippen molar-refractivity contribution >= 4 is 17.9 Å². The number of allylic oxidation sites excluding steroid dienone is 26. The van der Waals surface area contributed by atoms with Gasteiger partial charge >= 0.3 is 11.9 Å². The van der Waals surface area contributed by atoms with Crippen LogP contribution in [-0.4, -0.2) is 82.3 Å². The number of likely N-dealkylation sites (N-methyl/N-ethyl adjacent to an activating group) is 1. The minimum atomic E-state index is -1.64. The molecule has 0 rings (SSSR count). The van der Waals surface area contributed by atoms with E-state index in [4.69, 9.17) is 18.9 Å². The molecule has 0 bridgehead atoms. The van der Waals surface area contributed by atoms with Crippen molar-refractivity contribution in [2.24, 2.45) is 0 Å². The first-order valence-electron chi connectivity index (χ1n) is 31.6. The molecule has 9 nitrogen and oxygen atoms in total. The molecule has 2 atom stereocenters.